The van der Waals surface area contributed by atoms with E-state index in [4.69, 9.17) is 23.2 Å². The first-order valence-electron chi connectivity index (χ1n) is 6.83. The predicted octanol–water partition coefficient (Wildman–Crippen LogP) is 5.22. The minimum Gasteiger partial charge on any atom is -0.326 e. The van der Waals surface area contributed by atoms with Crippen LogP contribution in [0.15, 0.2) is 36.4 Å². The van der Waals surface area contributed by atoms with E-state index in [0.717, 1.165) is 12.1 Å². The first kappa shape index (κ1) is 19.1. The van der Waals surface area contributed by atoms with Crippen LogP contribution in [-0.2, 0) is 11.0 Å². The lowest BCUT2D eigenvalue weighted by Gasteiger charge is -2.13. The second-order valence-electron chi connectivity index (χ2n) is 5.02. The predicted molar refractivity (Wildman–Crippen MR) is 90.2 cm³/mol. The number of alkyl halides is 3. The van der Waals surface area contributed by atoms with Crippen molar-refractivity contribution in [3.05, 3.63) is 57.6 Å². The number of hydrogen-bond acceptors (Lipinski definition) is 2. The monoisotopic (exact) mass is 390 g/mol. The summed E-state index contributed by atoms with van der Waals surface area (Å²) in [6.07, 6.45) is -4.54. The third-order valence-electron chi connectivity index (χ3n) is 3.08. The van der Waals surface area contributed by atoms with E-state index in [1.54, 1.807) is 0 Å². The molecule has 0 unspecified atom stereocenters. The molecule has 0 aliphatic heterocycles. The number of amides is 2. The van der Waals surface area contributed by atoms with E-state index in [9.17, 15) is 22.8 Å². The molecule has 2 aromatic rings. The van der Waals surface area contributed by atoms with Crippen molar-refractivity contribution in [2.45, 2.75) is 13.1 Å². The smallest absolute Gasteiger partial charge is 0.326 e. The Labute approximate surface area is 150 Å². The average Bonchev–Trinajstić information content (AvgIpc) is 2.49. The van der Waals surface area contributed by atoms with Gasteiger partial charge in [0.15, 0.2) is 0 Å². The number of carbonyl (C=O) groups is 2. The van der Waals surface area contributed by atoms with Crippen LogP contribution in [0.3, 0.4) is 0 Å². The molecule has 0 heterocycles. The summed E-state index contributed by atoms with van der Waals surface area (Å²) in [6.45, 7) is 1.27. The maximum Gasteiger partial charge on any atom is 0.416 e. The van der Waals surface area contributed by atoms with E-state index in [0.29, 0.717) is 6.07 Å². The summed E-state index contributed by atoms with van der Waals surface area (Å²) < 4.78 is 37.9. The SMILES string of the molecule is CC(=O)Nc1ccc(Cl)cc1C(=O)Nc1ccc(C(F)(F)F)cc1Cl. The molecule has 0 fully saturated rings. The van der Waals surface area contributed by atoms with Crippen molar-refractivity contribution < 1.29 is 22.8 Å². The highest BCUT2D eigenvalue weighted by molar-refractivity contribution is 6.34. The molecule has 2 N–H and O–H groups in total. The van der Waals surface area contributed by atoms with Crippen LogP contribution in [0.25, 0.3) is 0 Å². The standard InChI is InChI=1S/C16H11Cl2F3N2O2/c1-8(24)22-13-5-3-10(17)7-11(13)15(25)23-14-4-2-9(6-12(14)18)16(19,20)21/h2-7H,1H3,(H,22,24)(H,23,25). The van der Waals surface area contributed by atoms with E-state index in [2.05, 4.69) is 10.6 Å². The van der Waals surface area contributed by atoms with Crippen molar-refractivity contribution in [1.82, 2.24) is 0 Å². The molecule has 4 nitrogen and oxygen atoms in total. The van der Waals surface area contributed by atoms with E-state index >= 15 is 0 Å². The zero-order valence-corrected chi connectivity index (χ0v) is 14.2. The van der Waals surface area contributed by atoms with Gasteiger partial charge < -0.3 is 10.6 Å². The number of anilines is 2. The third kappa shape index (κ3) is 4.87. The van der Waals surface area contributed by atoms with Crippen LogP contribution in [0.2, 0.25) is 10.0 Å². The lowest BCUT2D eigenvalue weighted by atomic mass is 10.1. The van der Waals surface area contributed by atoms with Crippen molar-refractivity contribution >= 4 is 46.4 Å². The summed E-state index contributed by atoms with van der Waals surface area (Å²) in [5.74, 6) is -1.09. The van der Waals surface area contributed by atoms with Crippen molar-refractivity contribution in [3.8, 4) is 0 Å². The van der Waals surface area contributed by atoms with E-state index in [-0.39, 0.29) is 27.0 Å². The van der Waals surface area contributed by atoms with Gasteiger partial charge in [0, 0.05) is 11.9 Å². The van der Waals surface area contributed by atoms with Gasteiger partial charge in [-0.3, -0.25) is 9.59 Å². The Kier molecular flexibility index (Phi) is 5.59. The Morgan fingerprint density at radius 1 is 0.960 bits per heavy atom. The summed E-state index contributed by atoms with van der Waals surface area (Å²) in [5, 5.41) is 4.84. The average molecular weight is 391 g/mol. The Morgan fingerprint density at radius 2 is 1.60 bits per heavy atom. The maximum absolute atomic E-state index is 12.6. The second kappa shape index (κ2) is 7.33. The topological polar surface area (TPSA) is 58.2 Å². The molecule has 2 aromatic carbocycles. The lowest BCUT2D eigenvalue weighted by Crippen LogP contribution is -2.17. The van der Waals surface area contributed by atoms with Crippen LogP contribution in [0.1, 0.15) is 22.8 Å². The van der Waals surface area contributed by atoms with Crippen LogP contribution < -0.4 is 10.6 Å². The Morgan fingerprint density at radius 3 is 2.16 bits per heavy atom. The molecule has 2 amide bonds. The molecule has 0 radical (unpaired) electrons. The molecule has 0 saturated heterocycles. The molecule has 0 aromatic heterocycles. The van der Waals surface area contributed by atoms with E-state index in [1.165, 1.54) is 25.1 Å². The molecule has 0 atom stereocenters. The molecular weight excluding hydrogens is 380 g/mol. The fourth-order valence-corrected chi connectivity index (χ4v) is 2.39. The van der Waals surface area contributed by atoms with Gasteiger partial charge in [-0.05, 0) is 36.4 Å². The number of benzene rings is 2. The van der Waals surface area contributed by atoms with Crippen molar-refractivity contribution in [1.29, 1.82) is 0 Å². The summed E-state index contributed by atoms with van der Waals surface area (Å²) in [6, 6.07) is 6.80. The number of halogens is 5. The summed E-state index contributed by atoms with van der Waals surface area (Å²) in [7, 11) is 0. The molecular formula is C16H11Cl2F3N2O2. The Balaban J connectivity index is 2.31. The van der Waals surface area contributed by atoms with Crippen LogP contribution in [0.4, 0.5) is 24.5 Å². The van der Waals surface area contributed by atoms with Gasteiger partial charge in [0.1, 0.15) is 0 Å². The minimum atomic E-state index is -4.54. The highest BCUT2D eigenvalue weighted by atomic mass is 35.5. The van der Waals surface area contributed by atoms with E-state index in [1.807, 2.05) is 0 Å². The maximum atomic E-state index is 12.6. The van der Waals surface area contributed by atoms with E-state index < -0.39 is 23.6 Å². The van der Waals surface area contributed by atoms with Gasteiger partial charge in [-0.15, -0.1) is 0 Å². The van der Waals surface area contributed by atoms with Gasteiger partial charge >= 0.3 is 6.18 Å². The van der Waals surface area contributed by atoms with Crippen molar-refractivity contribution in [2.24, 2.45) is 0 Å². The van der Waals surface area contributed by atoms with Crippen molar-refractivity contribution in [2.75, 3.05) is 10.6 Å². The van der Waals surface area contributed by atoms with Gasteiger partial charge in [-0.2, -0.15) is 13.2 Å². The quantitative estimate of drug-likeness (QED) is 0.754. The zero-order valence-electron chi connectivity index (χ0n) is 12.7. The van der Waals surface area contributed by atoms with Gasteiger partial charge in [0.2, 0.25) is 5.91 Å². The van der Waals surface area contributed by atoms with Crippen LogP contribution in [-0.4, -0.2) is 11.8 Å². The van der Waals surface area contributed by atoms with Crippen LogP contribution in [0, 0.1) is 0 Å². The molecule has 0 aliphatic carbocycles. The van der Waals surface area contributed by atoms with Crippen molar-refractivity contribution in [3.63, 3.8) is 0 Å². The van der Waals surface area contributed by atoms with Gasteiger partial charge in [-0.25, -0.2) is 0 Å². The van der Waals surface area contributed by atoms with Gasteiger partial charge in [-0.1, -0.05) is 23.2 Å². The highest BCUT2D eigenvalue weighted by Crippen LogP contribution is 2.34. The largest absolute Gasteiger partial charge is 0.416 e. The van der Waals surface area contributed by atoms with Crippen LogP contribution in [0.5, 0.6) is 0 Å². The number of rotatable bonds is 3. The molecule has 2 rings (SSSR count). The Bertz CT molecular complexity index is 839. The normalized spacial score (nSPS) is 11.1. The first-order chi connectivity index (χ1) is 11.6. The summed E-state index contributed by atoms with van der Waals surface area (Å²) in [4.78, 5) is 23.6. The summed E-state index contributed by atoms with van der Waals surface area (Å²) >= 11 is 11.7. The molecule has 0 spiro atoms. The lowest BCUT2D eigenvalue weighted by molar-refractivity contribution is -0.137. The fraction of sp³-hybridized carbons (Fsp3) is 0.125. The number of hydrogen-bond donors (Lipinski definition) is 2. The molecule has 9 heteroatoms. The summed E-state index contributed by atoms with van der Waals surface area (Å²) in [5.41, 5.74) is -0.693. The third-order valence-corrected chi connectivity index (χ3v) is 3.63. The molecule has 25 heavy (non-hydrogen) atoms. The molecule has 0 bridgehead atoms. The molecule has 132 valence electrons. The highest BCUT2D eigenvalue weighted by Gasteiger charge is 2.31. The minimum absolute atomic E-state index is 0.00610. The molecule has 0 saturated carbocycles. The number of carbonyl (C=O) groups excluding carboxylic acids is 2. The number of nitrogens with one attached hydrogen (secondary N) is 2. The zero-order chi connectivity index (χ0) is 18.8. The fourth-order valence-electron chi connectivity index (χ4n) is 1.99. The second-order valence-corrected chi connectivity index (χ2v) is 5.86. The van der Waals surface area contributed by atoms with Gasteiger partial charge in [0.05, 0.1) is 27.5 Å². The van der Waals surface area contributed by atoms with Crippen LogP contribution >= 0.6 is 23.2 Å². The molecule has 0 aliphatic rings. The first-order valence-corrected chi connectivity index (χ1v) is 7.59. The Hall–Kier alpha value is -2.25. The van der Waals surface area contributed by atoms with Gasteiger partial charge in [0.25, 0.3) is 5.91 Å².